The van der Waals surface area contributed by atoms with Gasteiger partial charge in [0, 0.05) is 11.3 Å². The second-order valence-corrected chi connectivity index (χ2v) is 6.82. The standard InChI is InChI=1S/C23H19NO5/c1-29-17-11-12-18-19(13-17)22(26)24(15-7-9-16(25)10-8-15)21(20(18)23(27)28)14-5-3-2-4-6-14/h2-13,20-21,25H,1H3,(H,27,28)/t20-,21-/m1/s1. The van der Waals surface area contributed by atoms with E-state index in [0.29, 0.717) is 22.6 Å². The lowest BCUT2D eigenvalue weighted by atomic mass is 9.79. The van der Waals surface area contributed by atoms with E-state index in [2.05, 4.69) is 0 Å². The minimum absolute atomic E-state index is 0.0614. The number of ether oxygens (including phenoxy) is 1. The maximum absolute atomic E-state index is 13.5. The van der Waals surface area contributed by atoms with E-state index in [1.807, 2.05) is 30.3 Å². The van der Waals surface area contributed by atoms with Crippen LogP contribution in [0.2, 0.25) is 0 Å². The third kappa shape index (κ3) is 3.18. The number of hydrogen-bond acceptors (Lipinski definition) is 4. The quantitative estimate of drug-likeness (QED) is 0.705. The number of carboxylic acid groups (broad SMARTS) is 1. The molecule has 29 heavy (non-hydrogen) atoms. The third-order valence-electron chi connectivity index (χ3n) is 5.17. The fourth-order valence-electron chi connectivity index (χ4n) is 3.84. The van der Waals surface area contributed by atoms with Gasteiger partial charge in [-0.25, -0.2) is 0 Å². The van der Waals surface area contributed by atoms with Crippen LogP contribution in [0.4, 0.5) is 5.69 Å². The summed E-state index contributed by atoms with van der Waals surface area (Å²) in [7, 11) is 1.49. The fourth-order valence-corrected chi connectivity index (χ4v) is 3.84. The summed E-state index contributed by atoms with van der Waals surface area (Å²) < 4.78 is 5.24. The first kappa shape index (κ1) is 18.6. The van der Waals surface area contributed by atoms with Crippen molar-refractivity contribution in [2.24, 2.45) is 0 Å². The highest BCUT2D eigenvalue weighted by Crippen LogP contribution is 2.45. The molecule has 2 atom stereocenters. The van der Waals surface area contributed by atoms with Crippen LogP contribution in [0.15, 0.2) is 72.8 Å². The van der Waals surface area contributed by atoms with Crippen molar-refractivity contribution in [1.82, 2.24) is 0 Å². The Labute approximate surface area is 167 Å². The lowest BCUT2D eigenvalue weighted by Gasteiger charge is -2.41. The molecule has 0 aromatic heterocycles. The lowest BCUT2D eigenvalue weighted by molar-refractivity contribution is -0.139. The predicted molar refractivity (Wildman–Crippen MR) is 107 cm³/mol. The number of nitrogens with zero attached hydrogens (tertiary/aromatic N) is 1. The Balaban J connectivity index is 1.98. The van der Waals surface area contributed by atoms with Gasteiger partial charge in [-0.05, 0) is 47.5 Å². The molecule has 6 nitrogen and oxygen atoms in total. The van der Waals surface area contributed by atoms with Gasteiger partial charge in [-0.2, -0.15) is 0 Å². The van der Waals surface area contributed by atoms with Gasteiger partial charge in [0.15, 0.2) is 0 Å². The number of phenolic OH excluding ortho intramolecular Hbond substituents is 1. The highest BCUT2D eigenvalue weighted by atomic mass is 16.5. The Morgan fingerprint density at radius 1 is 1.00 bits per heavy atom. The first-order valence-electron chi connectivity index (χ1n) is 9.09. The molecule has 3 aromatic rings. The average molecular weight is 389 g/mol. The van der Waals surface area contributed by atoms with Gasteiger partial charge in [0.2, 0.25) is 0 Å². The second-order valence-electron chi connectivity index (χ2n) is 6.82. The zero-order valence-electron chi connectivity index (χ0n) is 15.6. The molecule has 3 aromatic carbocycles. The van der Waals surface area contributed by atoms with Crippen LogP contribution in [0, 0.1) is 0 Å². The Morgan fingerprint density at radius 2 is 1.69 bits per heavy atom. The van der Waals surface area contributed by atoms with E-state index in [-0.39, 0.29) is 17.2 Å². The van der Waals surface area contributed by atoms with Crippen LogP contribution < -0.4 is 9.64 Å². The Morgan fingerprint density at radius 3 is 2.31 bits per heavy atom. The minimum Gasteiger partial charge on any atom is -0.508 e. The van der Waals surface area contributed by atoms with Gasteiger partial charge in [-0.3, -0.25) is 14.5 Å². The van der Waals surface area contributed by atoms with Crippen molar-refractivity contribution in [1.29, 1.82) is 0 Å². The molecule has 0 saturated heterocycles. The molecule has 0 bridgehead atoms. The molecule has 1 heterocycles. The van der Waals surface area contributed by atoms with Crippen molar-refractivity contribution in [2.75, 3.05) is 12.0 Å². The molecule has 0 saturated carbocycles. The van der Waals surface area contributed by atoms with Crippen molar-refractivity contribution < 1.29 is 24.5 Å². The summed E-state index contributed by atoms with van der Waals surface area (Å²) in [6.07, 6.45) is 0. The van der Waals surface area contributed by atoms with Crippen LogP contribution in [0.3, 0.4) is 0 Å². The highest BCUT2D eigenvalue weighted by Gasteiger charge is 2.45. The van der Waals surface area contributed by atoms with Crippen molar-refractivity contribution >= 4 is 17.6 Å². The molecule has 0 unspecified atom stereocenters. The van der Waals surface area contributed by atoms with Gasteiger partial charge in [-0.1, -0.05) is 36.4 Å². The van der Waals surface area contributed by atoms with E-state index in [9.17, 15) is 19.8 Å². The number of methoxy groups -OCH3 is 1. The first-order valence-corrected chi connectivity index (χ1v) is 9.09. The molecule has 4 rings (SSSR count). The molecular formula is C23H19NO5. The average Bonchev–Trinajstić information content (AvgIpc) is 2.74. The number of carbonyl (C=O) groups excluding carboxylic acids is 1. The van der Waals surface area contributed by atoms with Crippen molar-refractivity contribution in [3.8, 4) is 11.5 Å². The van der Waals surface area contributed by atoms with Crippen LogP contribution in [-0.2, 0) is 4.79 Å². The summed E-state index contributed by atoms with van der Waals surface area (Å²) in [5.41, 5.74) is 1.95. The molecule has 146 valence electrons. The summed E-state index contributed by atoms with van der Waals surface area (Å²) in [6, 6.07) is 19.4. The fraction of sp³-hybridized carbons (Fsp3) is 0.130. The Kier molecular flexibility index (Phi) is 4.68. The highest BCUT2D eigenvalue weighted by molar-refractivity contribution is 6.11. The summed E-state index contributed by atoms with van der Waals surface area (Å²) in [6.45, 7) is 0. The number of hydrogen-bond donors (Lipinski definition) is 2. The molecule has 0 spiro atoms. The van der Waals surface area contributed by atoms with E-state index in [1.54, 1.807) is 30.3 Å². The number of benzene rings is 3. The van der Waals surface area contributed by atoms with Crippen LogP contribution in [-0.4, -0.2) is 29.2 Å². The van der Waals surface area contributed by atoms with E-state index in [0.717, 1.165) is 0 Å². The lowest BCUT2D eigenvalue weighted by Crippen LogP contribution is -2.45. The summed E-state index contributed by atoms with van der Waals surface area (Å²) in [5.74, 6) is -1.78. The number of anilines is 1. The van der Waals surface area contributed by atoms with E-state index < -0.39 is 17.9 Å². The minimum atomic E-state index is -1.03. The van der Waals surface area contributed by atoms with Crippen LogP contribution in [0.5, 0.6) is 11.5 Å². The van der Waals surface area contributed by atoms with Crippen LogP contribution >= 0.6 is 0 Å². The van der Waals surface area contributed by atoms with Gasteiger partial charge in [-0.15, -0.1) is 0 Å². The Hall–Kier alpha value is -3.80. The molecule has 1 amide bonds. The van der Waals surface area contributed by atoms with Gasteiger partial charge < -0.3 is 14.9 Å². The summed E-state index contributed by atoms with van der Waals surface area (Å²) in [4.78, 5) is 27.4. The predicted octanol–water partition coefficient (Wildman–Crippen LogP) is 3.97. The third-order valence-corrected chi connectivity index (χ3v) is 5.17. The van der Waals surface area contributed by atoms with E-state index in [4.69, 9.17) is 4.74 Å². The molecule has 0 aliphatic carbocycles. The number of carbonyl (C=O) groups is 2. The van der Waals surface area contributed by atoms with Crippen molar-refractivity contribution in [3.05, 3.63) is 89.5 Å². The summed E-state index contributed by atoms with van der Waals surface area (Å²) in [5, 5.41) is 19.8. The van der Waals surface area contributed by atoms with E-state index in [1.165, 1.54) is 24.1 Å². The topological polar surface area (TPSA) is 87.1 Å². The van der Waals surface area contributed by atoms with Crippen LogP contribution in [0.25, 0.3) is 0 Å². The zero-order chi connectivity index (χ0) is 20.5. The Bertz CT molecular complexity index is 1060. The van der Waals surface area contributed by atoms with E-state index >= 15 is 0 Å². The van der Waals surface area contributed by atoms with Gasteiger partial charge in [0.25, 0.3) is 5.91 Å². The van der Waals surface area contributed by atoms with Gasteiger partial charge in [0.1, 0.15) is 17.4 Å². The number of phenols is 1. The molecule has 2 N–H and O–H groups in total. The van der Waals surface area contributed by atoms with Crippen molar-refractivity contribution in [2.45, 2.75) is 12.0 Å². The number of amides is 1. The second kappa shape index (κ2) is 7.31. The normalized spacial score (nSPS) is 18.2. The maximum atomic E-state index is 13.5. The zero-order valence-corrected chi connectivity index (χ0v) is 15.6. The molecular weight excluding hydrogens is 370 g/mol. The molecule has 1 aliphatic heterocycles. The number of rotatable bonds is 4. The van der Waals surface area contributed by atoms with Gasteiger partial charge >= 0.3 is 5.97 Å². The first-order chi connectivity index (χ1) is 14.0. The number of aliphatic carboxylic acids is 1. The smallest absolute Gasteiger partial charge is 0.313 e. The number of carboxylic acids is 1. The SMILES string of the molecule is COc1ccc2c(c1)C(=O)N(c1ccc(O)cc1)[C@H](c1ccccc1)[C@@H]2C(=O)O. The largest absolute Gasteiger partial charge is 0.508 e. The summed E-state index contributed by atoms with van der Waals surface area (Å²) >= 11 is 0. The number of fused-ring (bicyclic) bond motifs is 1. The molecule has 0 fully saturated rings. The van der Waals surface area contributed by atoms with Crippen LogP contribution in [0.1, 0.15) is 33.4 Å². The van der Waals surface area contributed by atoms with Crippen molar-refractivity contribution in [3.63, 3.8) is 0 Å². The maximum Gasteiger partial charge on any atom is 0.313 e. The molecule has 1 aliphatic rings. The molecule has 6 heteroatoms. The molecule has 0 radical (unpaired) electrons. The monoisotopic (exact) mass is 389 g/mol. The van der Waals surface area contributed by atoms with Gasteiger partial charge in [0.05, 0.1) is 13.2 Å². The number of aromatic hydroxyl groups is 1.